The van der Waals surface area contributed by atoms with Crippen LogP contribution in [0.4, 0.5) is 9.18 Å². The van der Waals surface area contributed by atoms with Crippen LogP contribution < -0.4 is 11.1 Å². The number of amides is 1. The number of rotatable bonds is 4. The van der Waals surface area contributed by atoms with Crippen molar-refractivity contribution in [1.29, 1.82) is 0 Å². The number of hydrogen-bond donors (Lipinski definition) is 2. The molecule has 0 fully saturated rings. The fraction of sp³-hybridized carbons (Fsp3) is 0.500. The number of nitrogens with two attached hydrogens (primary N) is 1. The first-order chi connectivity index (χ1) is 9.21. The van der Waals surface area contributed by atoms with Crippen molar-refractivity contribution in [3.63, 3.8) is 0 Å². The van der Waals surface area contributed by atoms with Gasteiger partial charge in [0.15, 0.2) is 0 Å². The van der Waals surface area contributed by atoms with Crippen molar-refractivity contribution in [2.75, 3.05) is 6.54 Å². The first-order valence-electron chi connectivity index (χ1n) is 6.35. The van der Waals surface area contributed by atoms with Crippen LogP contribution in [0.15, 0.2) is 22.7 Å². The van der Waals surface area contributed by atoms with Crippen LogP contribution in [-0.4, -0.2) is 24.3 Å². The summed E-state index contributed by atoms with van der Waals surface area (Å²) < 4.78 is 19.0. The van der Waals surface area contributed by atoms with Gasteiger partial charge in [-0.2, -0.15) is 0 Å². The number of carbonyl (C=O) groups is 1. The maximum absolute atomic E-state index is 13.4. The Hall–Kier alpha value is -1.14. The summed E-state index contributed by atoms with van der Waals surface area (Å²) in [6, 6.07) is 4.53. The van der Waals surface area contributed by atoms with Crippen LogP contribution in [0.3, 0.4) is 0 Å². The molecule has 3 N–H and O–H groups in total. The summed E-state index contributed by atoms with van der Waals surface area (Å²) in [5, 5.41) is 2.69. The summed E-state index contributed by atoms with van der Waals surface area (Å²) in [5.41, 5.74) is 5.83. The second kappa shape index (κ2) is 7.04. The molecule has 20 heavy (non-hydrogen) atoms. The number of hydrogen-bond acceptors (Lipinski definition) is 3. The normalized spacial score (nSPS) is 12.9. The van der Waals surface area contributed by atoms with Crippen LogP contribution >= 0.6 is 15.9 Å². The van der Waals surface area contributed by atoms with E-state index in [1.165, 1.54) is 6.07 Å². The van der Waals surface area contributed by atoms with E-state index in [-0.39, 0.29) is 18.4 Å². The van der Waals surface area contributed by atoms with Crippen molar-refractivity contribution in [2.45, 2.75) is 38.8 Å². The maximum atomic E-state index is 13.4. The second-order valence-corrected chi connectivity index (χ2v) is 6.39. The molecule has 0 heterocycles. The Bertz CT molecular complexity index is 475. The molecule has 1 aromatic rings. The van der Waals surface area contributed by atoms with E-state index >= 15 is 0 Å². The summed E-state index contributed by atoms with van der Waals surface area (Å²) in [6.07, 6.45) is -0.0783. The smallest absolute Gasteiger partial charge is 0.407 e. The molecule has 0 bridgehead atoms. The Morgan fingerprint density at radius 3 is 2.65 bits per heavy atom. The van der Waals surface area contributed by atoms with Gasteiger partial charge in [0.25, 0.3) is 0 Å². The Balaban J connectivity index is 2.63. The minimum Gasteiger partial charge on any atom is -0.444 e. The Morgan fingerprint density at radius 2 is 2.15 bits per heavy atom. The summed E-state index contributed by atoms with van der Waals surface area (Å²) in [6.45, 7) is 5.60. The summed E-state index contributed by atoms with van der Waals surface area (Å²) in [4.78, 5) is 11.7. The zero-order chi connectivity index (χ0) is 15.3. The minimum absolute atomic E-state index is 0.247. The lowest BCUT2D eigenvalue weighted by Gasteiger charge is -2.23. The molecule has 1 amide bonds. The average Bonchev–Trinajstić information content (AvgIpc) is 2.30. The highest BCUT2D eigenvalue weighted by Gasteiger charge is 2.19. The highest BCUT2D eigenvalue weighted by Crippen LogP contribution is 2.17. The predicted molar refractivity (Wildman–Crippen MR) is 80.0 cm³/mol. The summed E-state index contributed by atoms with van der Waals surface area (Å²) >= 11 is 3.10. The summed E-state index contributed by atoms with van der Waals surface area (Å²) in [5.74, 6) is -0.337. The van der Waals surface area contributed by atoms with E-state index in [2.05, 4.69) is 21.2 Å². The molecule has 0 radical (unpaired) electrons. The molecule has 4 nitrogen and oxygen atoms in total. The van der Waals surface area contributed by atoms with Crippen molar-refractivity contribution in [3.05, 3.63) is 34.1 Å². The molecule has 1 atom stereocenters. The van der Waals surface area contributed by atoms with E-state index in [4.69, 9.17) is 10.5 Å². The van der Waals surface area contributed by atoms with E-state index in [1.807, 2.05) is 0 Å². The van der Waals surface area contributed by atoms with Gasteiger partial charge in [-0.15, -0.1) is 0 Å². The first kappa shape index (κ1) is 16.9. The lowest BCUT2D eigenvalue weighted by molar-refractivity contribution is 0.0506. The number of nitrogens with one attached hydrogen (secondary N) is 1. The number of carbonyl (C=O) groups excluding carboxylic acids is 1. The van der Waals surface area contributed by atoms with Gasteiger partial charge >= 0.3 is 6.09 Å². The fourth-order valence-electron chi connectivity index (χ4n) is 1.62. The third-order valence-corrected chi connectivity index (χ3v) is 3.11. The topological polar surface area (TPSA) is 64.3 Å². The molecule has 0 aromatic heterocycles. The van der Waals surface area contributed by atoms with Crippen LogP contribution in [-0.2, 0) is 11.2 Å². The Kier molecular flexibility index (Phi) is 5.95. The molecule has 0 saturated carbocycles. The molecule has 1 unspecified atom stereocenters. The van der Waals surface area contributed by atoms with Gasteiger partial charge in [-0.05, 0) is 60.8 Å². The van der Waals surface area contributed by atoms with Crippen LogP contribution in [0.25, 0.3) is 0 Å². The number of alkyl carbamates (subject to hydrolysis) is 1. The van der Waals surface area contributed by atoms with Crippen LogP contribution in [0.5, 0.6) is 0 Å². The van der Waals surface area contributed by atoms with E-state index in [0.717, 1.165) is 5.56 Å². The molecule has 0 spiro atoms. The molecule has 6 heteroatoms. The Labute approximate surface area is 127 Å². The molecule has 1 rings (SSSR count). The van der Waals surface area contributed by atoms with Gasteiger partial charge in [-0.3, -0.25) is 0 Å². The van der Waals surface area contributed by atoms with Crippen LogP contribution in [0.1, 0.15) is 26.3 Å². The largest absolute Gasteiger partial charge is 0.444 e. The molecule has 0 aliphatic heterocycles. The van der Waals surface area contributed by atoms with Crippen molar-refractivity contribution in [1.82, 2.24) is 5.32 Å². The van der Waals surface area contributed by atoms with E-state index in [9.17, 15) is 9.18 Å². The number of ether oxygens (including phenoxy) is 1. The lowest BCUT2D eigenvalue weighted by Crippen LogP contribution is -2.44. The highest BCUT2D eigenvalue weighted by molar-refractivity contribution is 9.10. The van der Waals surface area contributed by atoms with Gasteiger partial charge < -0.3 is 15.8 Å². The standard InChI is InChI=1S/C14H20BrFN2O2/c1-14(2,3)20-13(19)18-10(8-17)6-9-4-5-11(15)12(16)7-9/h4-5,7,10H,6,8,17H2,1-3H3,(H,18,19). The first-order valence-corrected chi connectivity index (χ1v) is 7.14. The molecule has 1 aromatic carbocycles. The molecular weight excluding hydrogens is 327 g/mol. The quantitative estimate of drug-likeness (QED) is 0.880. The third kappa shape index (κ3) is 5.88. The minimum atomic E-state index is -0.563. The average molecular weight is 347 g/mol. The van der Waals surface area contributed by atoms with Crippen LogP contribution in [0.2, 0.25) is 0 Å². The summed E-state index contributed by atoms with van der Waals surface area (Å²) in [7, 11) is 0. The van der Waals surface area contributed by atoms with E-state index < -0.39 is 11.7 Å². The maximum Gasteiger partial charge on any atom is 0.407 e. The van der Waals surface area contributed by atoms with Gasteiger partial charge in [-0.1, -0.05) is 6.07 Å². The van der Waals surface area contributed by atoms with E-state index in [0.29, 0.717) is 10.9 Å². The monoisotopic (exact) mass is 346 g/mol. The van der Waals surface area contributed by atoms with Crippen molar-refractivity contribution >= 4 is 22.0 Å². The van der Waals surface area contributed by atoms with Gasteiger partial charge in [-0.25, -0.2) is 9.18 Å². The molecular formula is C14H20BrFN2O2. The molecule has 0 aliphatic rings. The molecule has 0 aliphatic carbocycles. The van der Waals surface area contributed by atoms with Gasteiger partial charge in [0.1, 0.15) is 11.4 Å². The molecule has 112 valence electrons. The lowest BCUT2D eigenvalue weighted by atomic mass is 10.1. The van der Waals surface area contributed by atoms with Crippen molar-refractivity contribution in [2.24, 2.45) is 5.73 Å². The predicted octanol–water partition coefficient (Wildman–Crippen LogP) is 2.98. The molecule has 0 saturated heterocycles. The van der Waals surface area contributed by atoms with Gasteiger partial charge in [0.2, 0.25) is 0 Å². The SMILES string of the molecule is CC(C)(C)OC(=O)NC(CN)Cc1ccc(Br)c(F)c1. The number of benzene rings is 1. The van der Waals surface area contributed by atoms with Gasteiger partial charge in [0, 0.05) is 12.6 Å². The van der Waals surface area contributed by atoms with Gasteiger partial charge in [0.05, 0.1) is 4.47 Å². The van der Waals surface area contributed by atoms with Crippen LogP contribution in [0, 0.1) is 5.82 Å². The zero-order valence-corrected chi connectivity index (χ0v) is 13.5. The number of halogens is 2. The second-order valence-electron chi connectivity index (χ2n) is 5.53. The van der Waals surface area contributed by atoms with Crippen molar-refractivity contribution in [3.8, 4) is 0 Å². The van der Waals surface area contributed by atoms with E-state index in [1.54, 1.807) is 32.9 Å². The fourth-order valence-corrected chi connectivity index (χ4v) is 1.87. The highest BCUT2D eigenvalue weighted by atomic mass is 79.9. The third-order valence-electron chi connectivity index (χ3n) is 2.47. The Morgan fingerprint density at radius 1 is 1.50 bits per heavy atom. The van der Waals surface area contributed by atoms with Crippen molar-refractivity contribution < 1.29 is 13.9 Å². The zero-order valence-electron chi connectivity index (χ0n) is 11.9.